The molecule has 0 aromatic heterocycles. The van der Waals surface area contributed by atoms with E-state index in [4.69, 9.17) is 18.0 Å². The molecule has 0 saturated carbocycles. The minimum atomic E-state index is -0.0270. The number of nitrogens with zero attached hydrogens (tertiary/aromatic N) is 1. The zero-order valence-corrected chi connectivity index (χ0v) is 12.8. The van der Waals surface area contributed by atoms with Gasteiger partial charge in [-0.1, -0.05) is 43.4 Å². The first-order valence-corrected chi connectivity index (χ1v) is 7.69. The molecule has 0 bridgehead atoms. The van der Waals surface area contributed by atoms with Gasteiger partial charge in [0.25, 0.3) is 0 Å². The first kappa shape index (κ1) is 15.0. The smallest absolute Gasteiger partial charge is 0.230 e. The van der Waals surface area contributed by atoms with Crippen LogP contribution in [0.15, 0.2) is 24.3 Å². The maximum absolute atomic E-state index is 12.8. The first-order chi connectivity index (χ1) is 9.63. The van der Waals surface area contributed by atoms with Crippen molar-refractivity contribution in [2.24, 2.45) is 5.73 Å². The maximum Gasteiger partial charge on any atom is 0.230 e. The van der Waals surface area contributed by atoms with Crippen molar-refractivity contribution in [3.8, 4) is 0 Å². The standard InChI is InChI=1S/C16H22N2OS/c1-2-10-18(11-15(17)20)16(19)14-9-5-7-12-6-3-4-8-13(12)14/h3-4,6,8,14H,2,5,7,9-11H2,1H3,(H2,17,20). The quantitative estimate of drug-likeness (QED) is 0.848. The van der Waals surface area contributed by atoms with Crippen molar-refractivity contribution in [3.63, 3.8) is 0 Å². The van der Waals surface area contributed by atoms with Gasteiger partial charge in [0.15, 0.2) is 0 Å². The van der Waals surface area contributed by atoms with Gasteiger partial charge in [-0.25, -0.2) is 0 Å². The average Bonchev–Trinajstić information content (AvgIpc) is 2.45. The van der Waals surface area contributed by atoms with Crippen LogP contribution in [0, 0.1) is 0 Å². The lowest BCUT2D eigenvalue weighted by Crippen LogP contribution is -2.41. The largest absolute Gasteiger partial charge is 0.392 e. The molecule has 1 amide bonds. The van der Waals surface area contributed by atoms with Crippen molar-refractivity contribution in [2.45, 2.75) is 38.5 Å². The Morgan fingerprint density at radius 2 is 2.20 bits per heavy atom. The Bertz CT molecular complexity index is 501. The molecule has 2 rings (SSSR count). The topological polar surface area (TPSA) is 46.3 Å². The second-order valence-electron chi connectivity index (χ2n) is 5.37. The lowest BCUT2D eigenvalue weighted by atomic mass is 9.82. The van der Waals surface area contributed by atoms with Crippen LogP contribution in [0.1, 0.15) is 43.2 Å². The summed E-state index contributed by atoms with van der Waals surface area (Å²) in [6, 6.07) is 8.28. The van der Waals surface area contributed by atoms with E-state index >= 15 is 0 Å². The SMILES string of the molecule is CCCN(CC(N)=S)C(=O)C1CCCc2ccccc21. The summed E-state index contributed by atoms with van der Waals surface area (Å²) in [6.07, 6.45) is 3.99. The number of thiocarbonyl (C=S) groups is 1. The van der Waals surface area contributed by atoms with Gasteiger partial charge >= 0.3 is 0 Å². The number of aryl methyl sites for hydroxylation is 1. The molecule has 0 heterocycles. The number of hydrogen-bond donors (Lipinski definition) is 1. The van der Waals surface area contributed by atoms with E-state index in [1.165, 1.54) is 11.1 Å². The van der Waals surface area contributed by atoms with Crippen LogP contribution in [-0.2, 0) is 11.2 Å². The normalized spacial score (nSPS) is 17.4. The van der Waals surface area contributed by atoms with Crippen molar-refractivity contribution in [1.29, 1.82) is 0 Å². The molecule has 1 aromatic rings. The van der Waals surface area contributed by atoms with Gasteiger partial charge in [-0.15, -0.1) is 0 Å². The number of benzene rings is 1. The summed E-state index contributed by atoms with van der Waals surface area (Å²) in [7, 11) is 0. The second-order valence-corrected chi connectivity index (χ2v) is 5.89. The highest BCUT2D eigenvalue weighted by atomic mass is 32.1. The Kier molecular flexibility index (Phi) is 5.12. The van der Waals surface area contributed by atoms with Crippen LogP contribution in [0.2, 0.25) is 0 Å². The summed E-state index contributed by atoms with van der Waals surface area (Å²) in [5, 5.41) is 0. The van der Waals surface area contributed by atoms with Crippen LogP contribution < -0.4 is 5.73 Å². The summed E-state index contributed by atoms with van der Waals surface area (Å²) in [5.41, 5.74) is 8.12. The monoisotopic (exact) mass is 290 g/mol. The van der Waals surface area contributed by atoms with Crippen LogP contribution in [-0.4, -0.2) is 28.9 Å². The van der Waals surface area contributed by atoms with Gasteiger partial charge in [0.2, 0.25) is 5.91 Å². The molecule has 0 saturated heterocycles. The Morgan fingerprint density at radius 1 is 1.45 bits per heavy atom. The Hall–Kier alpha value is -1.42. The van der Waals surface area contributed by atoms with Gasteiger partial charge in [-0.2, -0.15) is 0 Å². The molecule has 4 heteroatoms. The Balaban J connectivity index is 2.21. The van der Waals surface area contributed by atoms with E-state index in [1.54, 1.807) is 0 Å². The molecular weight excluding hydrogens is 268 g/mol. The van der Waals surface area contributed by atoms with E-state index in [0.717, 1.165) is 32.2 Å². The van der Waals surface area contributed by atoms with E-state index in [1.807, 2.05) is 17.0 Å². The predicted molar refractivity (Wildman–Crippen MR) is 85.8 cm³/mol. The number of amides is 1. The summed E-state index contributed by atoms with van der Waals surface area (Å²) in [6.45, 7) is 3.17. The second kappa shape index (κ2) is 6.84. The number of nitrogens with two attached hydrogens (primary N) is 1. The van der Waals surface area contributed by atoms with Crippen LogP contribution in [0.4, 0.5) is 0 Å². The van der Waals surface area contributed by atoms with E-state index in [-0.39, 0.29) is 11.8 Å². The molecule has 0 radical (unpaired) electrons. The van der Waals surface area contributed by atoms with Gasteiger partial charge in [-0.05, 0) is 36.8 Å². The Morgan fingerprint density at radius 3 is 2.90 bits per heavy atom. The van der Waals surface area contributed by atoms with E-state index < -0.39 is 0 Å². The van der Waals surface area contributed by atoms with Crippen molar-refractivity contribution in [1.82, 2.24) is 4.90 Å². The molecule has 0 fully saturated rings. The highest BCUT2D eigenvalue weighted by Crippen LogP contribution is 2.32. The fraction of sp³-hybridized carbons (Fsp3) is 0.500. The number of carbonyl (C=O) groups is 1. The highest BCUT2D eigenvalue weighted by molar-refractivity contribution is 7.80. The molecular formula is C16H22N2OS. The lowest BCUT2D eigenvalue weighted by Gasteiger charge is -2.30. The van der Waals surface area contributed by atoms with Gasteiger partial charge in [0.05, 0.1) is 17.5 Å². The van der Waals surface area contributed by atoms with Crippen LogP contribution in [0.25, 0.3) is 0 Å². The molecule has 1 aliphatic carbocycles. The molecule has 2 N–H and O–H groups in total. The predicted octanol–water partition coefficient (Wildman–Crippen LogP) is 2.63. The summed E-state index contributed by atoms with van der Waals surface area (Å²) in [4.78, 5) is 15.0. The number of rotatable bonds is 5. The first-order valence-electron chi connectivity index (χ1n) is 7.28. The summed E-state index contributed by atoms with van der Waals surface area (Å²) >= 11 is 4.97. The van der Waals surface area contributed by atoms with Gasteiger partial charge in [0.1, 0.15) is 0 Å². The average molecular weight is 290 g/mol. The van der Waals surface area contributed by atoms with Gasteiger partial charge < -0.3 is 10.6 Å². The fourth-order valence-electron chi connectivity index (χ4n) is 2.96. The van der Waals surface area contributed by atoms with Crippen molar-refractivity contribution in [3.05, 3.63) is 35.4 Å². The van der Waals surface area contributed by atoms with Gasteiger partial charge in [-0.3, -0.25) is 4.79 Å². The van der Waals surface area contributed by atoms with E-state index in [0.29, 0.717) is 11.5 Å². The minimum absolute atomic E-state index is 0.0270. The Labute approximate surface area is 126 Å². The molecule has 1 aliphatic rings. The van der Waals surface area contributed by atoms with Gasteiger partial charge in [0, 0.05) is 6.54 Å². The highest BCUT2D eigenvalue weighted by Gasteiger charge is 2.29. The van der Waals surface area contributed by atoms with Crippen molar-refractivity contribution < 1.29 is 4.79 Å². The summed E-state index contributed by atoms with van der Waals surface area (Å²) < 4.78 is 0. The van der Waals surface area contributed by atoms with E-state index in [2.05, 4.69) is 19.1 Å². The number of carbonyl (C=O) groups excluding carboxylic acids is 1. The number of hydrogen-bond acceptors (Lipinski definition) is 2. The molecule has 0 spiro atoms. The van der Waals surface area contributed by atoms with Crippen molar-refractivity contribution in [2.75, 3.05) is 13.1 Å². The fourth-order valence-corrected chi connectivity index (χ4v) is 3.11. The minimum Gasteiger partial charge on any atom is -0.392 e. The maximum atomic E-state index is 12.8. The molecule has 20 heavy (non-hydrogen) atoms. The number of fused-ring (bicyclic) bond motifs is 1. The molecule has 1 atom stereocenters. The summed E-state index contributed by atoms with van der Waals surface area (Å²) in [5.74, 6) is 0.146. The molecule has 3 nitrogen and oxygen atoms in total. The molecule has 1 unspecified atom stereocenters. The molecule has 108 valence electrons. The zero-order chi connectivity index (χ0) is 14.5. The molecule has 0 aliphatic heterocycles. The van der Waals surface area contributed by atoms with Crippen LogP contribution in [0.5, 0.6) is 0 Å². The van der Waals surface area contributed by atoms with Crippen LogP contribution in [0.3, 0.4) is 0 Å². The zero-order valence-electron chi connectivity index (χ0n) is 12.0. The van der Waals surface area contributed by atoms with E-state index in [9.17, 15) is 4.79 Å². The lowest BCUT2D eigenvalue weighted by molar-refractivity contribution is -0.132. The third-order valence-electron chi connectivity index (χ3n) is 3.82. The van der Waals surface area contributed by atoms with Crippen LogP contribution >= 0.6 is 12.2 Å². The third kappa shape index (κ3) is 3.37. The third-order valence-corrected chi connectivity index (χ3v) is 3.95. The van der Waals surface area contributed by atoms with Crippen molar-refractivity contribution >= 4 is 23.1 Å². The molecule has 1 aromatic carbocycles.